The molecule has 3 atom stereocenters. The van der Waals surface area contributed by atoms with Crippen LogP contribution in [0.15, 0.2) is 0 Å². The van der Waals surface area contributed by atoms with E-state index in [1.54, 1.807) is 11.8 Å². The van der Waals surface area contributed by atoms with Gasteiger partial charge in [-0.2, -0.15) is 0 Å². The van der Waals surface area contributed by atoms with Crippen LogP contribution in [0.4, 0.5) is 0 Å². The summed E-state index contributed by atoms with van der Waals surface area (Å²) in [5.41, 5.74) is 0.285. The zero-order valence-corrected chi connectivity index (χ0v) is 16.5. The van der Waals surface area contributed by atoms with Gasteiger partial charge in [-0.3, -0.25) is 9.59 Å². The molecule has 0 aliphatic carbocycles. The summed E-state index contributed by atoms with van der Waals surface area (Å²) >= 11 is 1.56. The molecule has 1 heterocycles. The third kappa shape index (κ3) is 6.28. The monoisotopic (exact) mass is 358 g/mol. The first-order valence-electron chi connectivity index (χ1n) is 9.23. The topological polar surface area (TPSA) is 69.6 Å². The maximum absolute atomic E-state index is 12.2. The van der Waals surface area contributed by atoms with E-state index in [9.17, 15) is 14.7 Å². The number of amides is 2. The lowest BCUT2D eigenvalue weighted by Gasteiger charge is -2.28. The first-order chi connectivity index (χ1) is 11.4. The minimum atomic E-state index is -0.748. The second kappa shape index (κ2) is 10.3. The zero-order chi connectivity index (χ0) is 18.2. The molecule has 0 aromatic carbocycles. The molecule has 140 valence electrons. The third-order valence-corrected chi connectivity index (χ3v) is 6.18. The predicted molar refractivity (Wildman–Crippen MR) is 99.8 cm³/mol. The van der Waals surface area contributed by atoms with Gasteiger partial charge >= 0.3 is 0 Å². The number of nitrogens with zero attached hydrogens (tertiary/aromatic N) is 1. The molecular formula is C18H34N2O3S. The van der Waals surface area contributed by atoms with E-state index in [4.69, 9.17) is 0 Å². The number of aliphatic hydroxyl groups excluding tert-OH is 1. The van der Waals surface area contributed by atoms with Crippen LogP contribution < -0.4 is 5.32 Å². The summed E-state index contributed by atoms with van der Waals surface area (Å²) in [5.74, 6) is 0.769. The zero-order valence-electron chi connectivity index (χ0n) is 15.6. The Balaban J connectivity index is 2.32. The highest BCUT2D eigenvalue weighted by Gasteiger charge is 2.38. The molecule has 1 rings (SSSR count). The SMILES string of the molecule is CCCC(C)(CC)CCNC(=O)CCN1C(=O)C(SCC)CC1O. The van der Waals surface area contributed by atoms with E-state index in [1.807, 2.05) is 6.92 Å². The lowest BCUT2D eigenvalue weighted by molar-refractivity contribution is -0.133. The van der Waals surface area contributed by atoms with Crippen LogP contribution >= 0.6 is 11.8 Å². The molecule has 3 unspecified atom stereocenters. The summed E-state index contributed by atoms with van der Waals surface area (Å²) in [6, 6.07) is 0. The molecule has 0 aromatic rings. The Labute approximate surface area is 150 Å². The van der Waals surface area contributed by atoms with Gasteiger partial charge in [0.15, 0.2) is 0 Å². The second-order valence-corrected chi connectivity index (χ2v) is 8.44. The Morgan fingerprint density at radius 1 is 1.38 bits per heavy atom. The van der Waals surface area contributed by atoms with Crippen molar-refractivity contribution in [2.45, 2.75) is 77.7 Å². The van der Waals surface area contributed by atoms with Gasteiger partial charge in [0.1, 0.15) is 6.23 Å². The van der Waals surface area contributed by atoms with E-state index in [-0.39, 0.29) is 28.9 Å². The fraction of sp³-hybridized carbons (Fsp3) is 0.889. The molecule has 1 fully saturated rings. The minimum absolute atomic E-state index is 0.0383. The smallest absolute Gasteiger partial charge is 0.237 e. The molecule has 1 aliphatic heterocycles. The minimum Gasteiger partial charge on any atom is -0.373 e. The summed E-state index contributed by atoms with van der Waals surface area (Å²) in [7, 11) is 0. The summed E-state index contributed by atoms with van der Waals surface area (Å²) in [6.45, 7) is 9.63. The number of rotatable bonds is 11. The van der Waals surface area contributed by atoms with Crippen molar-refractivity contribution in [1.82, 2.24) is 10.2 Å². The molecule has 0 bridgehead atoms. The Morgan fingerprint density at radius 2 is 2.08 bits per heavy atom. The van der Waals surface area contributed by atoms with Gasteiger partial charge in [-0.15, -0.1) is 11.8 Å². The maximum Gasteiger partial charge on any atom is 0.237 e. The molecule has 6 heteroatoms. The number of thioether (sulfide) groups is 1. The van der Waals surface area contributed by atoms with Crippen molar-refractivity contribution in [2.75, 3.05) is 18.8 Å². The van der Waals surface area contributed by atoms with E-state index in [2.05, 4.69) is 26.1 Å². The summed E-state index contributed by atoms with van der Waals surface area (Å²) in [5, 5.41) is 12.8. The Hall–Kier alpha value is -0.750. The molecule has 0 aromatic heterocycles. The molecule has 0 radical (unpaired) electrons. The summed E-state index contributed by atoms with van der Waals surface area (Å²) < 4.78 is 0. The van der Waals surface area contributed by atoms with E-state index in [0.29, 0.717) is 19.5 Å². The standard InChI is InChI=1S/C18H34N2O3S/c1-5-9-18(4,6-2)10-11-19-15(21)8-12-20-16(22)13-14(17(20)23)24-7-3/h14,16,22H,5-13H2,1-4H3,(H,19,21). The van der Waals surface area contributed by atoms with E-state index in [1.165, 1.54) is 11.3 Å². The van der Waals surface area contributed by atoms with Crippen molar-refractivity contribution in [3.05, 3.63) is 0 Å². The van der Waals surface area contributed by atoms with Crippen LogP contribution in [-0.4, -0.2) is 52.1 Å². The highest BCUT2D eigenvalue weighted by molar-refractivity contribution is 8.00. The van der Waals surface area contributed by atoms with Crippen LogP contribution in [0.1, 0.15) is 66.2 Å². The fourth-order valence-electron chi connectivity index (χ4n) is 3.25. The molecule has 2 amide bonds. The molecular weight excluding hydrogens is 324 g/mol. The Morgan fingerprint density at radius 3 is 2.67 bits per heavy atom. The molecule has 1 aliphatic rings. The van der Waals surface area contributed by atoms with Gasteiger partial charge in [0.05, 0.1) is 5.25 Å². The molecule has 24 heavy (non-hydrogen) atoms. The number of hydrogen-bond acceptors (Lipinski definition) is 4. The molecule has 0 saturated carbocycles. The van der Waals surface area contributed by atoms with E-state index < -0.39 is 6.23 Å². The van der Waals surface area contributed by atoms with E-state index >= 15 is 0 Å². The Bertz CT molecular complexity index is 419. The van der Waals surface area contributed by atoms with Crippen LogP contribution in [0.3, 0.4) is 0 Å². The lowest BCUT2D eigenvalue weighted by atomic mass is 9.80. The van der Waals surface area contributed by atoms with E-state index in [0.717, 1.165) is 25.0 Å². The molecule has 2 N–H and O–H groups in total. The van der Waals surface area contributed by atoms with Crippen molar-refractivity contribution < 1.29 is 14.7 Å². The van der Waals surface area contributed by atoms with Gasteiger partial charge in [-0.1, -0.05) is 40.5 Å². The summed E-state index contributed by atoms with van der Waals surface area (Å²) in [4.78, 5) is 25.6. The van der Waals surface area contributed by atoms with Gasteiger partial charge in [0.25, 0.3) is 0 Å². The number of hydrogen-bond donors (Lipinski definition) is 2. The van der Waals surface area contributed by atoms with Gasteiger partial charge in [-0.25, -0.2) is 0 Å². The van der Waals surface area contributed by atoms with Crippen molar-refractivity contribution >= 4 is 23.6 Å². The van der Waals surface area contributed by atoms with Crippen LogP contribution in [0, 0.1) is 5.41 Å². The average Bonchev–Trinajstić information content (AvgIpc) is 2.80. The lowest BCUT2D eigenvalue weighted by Crippen LogP contribution is -2.38. The van der Waals surface area contributed by atoms with Crippen LogP contribution in [0.2, 0.25) is 0 Å². The number of carbonyl (C=O) groups is 2. The number of likely N-dealkylation sites (tertiary alicyclic amines) is 1. The quantitative estimate of drug-likeness (QED) is 0.596. The van der Waals surface area contributed by atoms with Gasteiger partial charge in [-0.05, 0) is 24.0 Å². The molecule has 5 nitrogen and oxygen atoms in total. The van der Waals surface area contributed by atoms with Gasteiger partial charge < -0.3 is 15.3 Å². The number of nitrogens with one attached hydrogen (secondary N) is 1. The molecule has 0 spiro atoms. The highest BCUT2D eigenvalue weighted by atomic mass is 32.2. The number of aliphatic hydroxyl groups is 1. The first kappa shape index (κ1) is 21.3. The van der Waals surface area contributed by atoms with Gasteiger partial charge in [0.2, 0.25) is 11.8 Å². The second-order valence-electron chi connectivity index (χ2n) is 6.96. The van der Waals surface area contributed by atoms with Crippen molar-refractivity contribution in [3.8, 4) is 0 Å². The Kier molecular flexibility index (Phi) is 9.13. The van der Waals surface area contributed by atoms with Crippen molar-refractivity contribution in [2.24, 2.45) is 5.41 Å². The highest BCUT2D eigenvalue weighted by Crippen LogP contribution is 2.31. The van der Waals surface area contributed by atoms with Crippen LogP contribution in [0.5, 0.6) is 0 Å². The number of carbonyl (C=O) groups excluding carboxylic acids is 2. The fourth-order valence-corrected chi connectivity index (χ4v) is 4.24. The third-order valence-electron chi connectivity index (χ3n) is 5.05. The van der Waals surface area contributed by atoms with Gasteiger partial charge in [0, 0.05) is 25.9 Å². The van der Waals surface area contributed by atoms with Crippen LogP contribution in [-0.2, 0) is 9.59 Å². The predicted octanol–water partition coefficient (Wildman–Crippen LogP) is 2.77. The largest absolute Gasteiger partial charge is 0.373 e. The maximum atomic E-state index is 12.2. The first-order valence-corrected chi connectivity index (χ1v) is 10.3. The van der Waals surface area contributed by atoms with Crippen LogP contribution in [0.25, 0.3) is 0 Å². The average molecular weight is 359 g/mol. The molecule has 1 saturated heterocycles. The summed E-state index contributed by atoms with van der Waals surface area (Å²) in [6.07, 6.45) is 4.38. The van der Waals surface area contributed by atoms with Crippen molar-refractivity contribution in [3.63, 3.8) is 0 Å². The van der Waals surface area contributed by atoms with Crippen molar-refractivity contribution in [1.29, 1.82) is 0 Å². The normalized spacial score (nSPS) is 23.4.